The fraction of sp³-hybridized carbons (Fsp3) is 0.273. The van der Waals surface area contributed by atoms with E-state index in [-0.39, 0.29) is 6.61 Å². The lowest BCUT2D eigenvalue weighted by Crippen LogP contribution is -2.03. The van der Waals surface area contributed by atoms with Crippen molar-refractivity contribution in [3.05, 3.63) is 33.5 Å². The SMILES string of the molecule is CCn1c(CO)nnc1-c1cc(Br)ccc1Cl. The van der Waals surface area contributed by atoms with Crippen LogP contribution in [0.15, 0.2) is 22.7 Å². The summed E-state index contributed by atoms with van der Waals surface area (Å²) in [5, 5.41) is 17.8. The van der Waals surface area contributed by atoms with Gasteiger partial charge in [-0.1, -0.05) is 27.5 Å². The van der Waals surface area contributed by atoms with Crippen LogP contribution in [0.25, 0.3) is 11.4 Å². The number of aliphatic hydroxyl groups excluding tert-OH is 1. The lowest BCUT2D eigenvalue weighted by molar-refractivity contribution is 0.265. The molecule has 0 radical (unpaired) electrons. The molecule has 0 unspecified atom stereocenters. The lowest BCUT2D eigenvalue weighted by atomic mass is 10.2. The van der Waals surface area contributed by atoms with Crippen molar-refractivity contribution in [1.29, 1.82) is 0 Å². The van der Waals surface area contributed by atoms with Gasteiger partial charge in [0.15, 0.2) is 11.6 Å². The average Bonchev–Trinajstić information content (AvgIpc) is 2.74. The first-order chi connectivity index (χ1) is 8.17. The first kappa shape index (κ1) is 12.5. The van der Waals surface area contributed by atoms with Crippen LogP contribution < -0.4 is 0 Å². The van der Waals surface area contributed by atoms with E-state index in [0.29, 0.717) is 23.2 Å². The van der Waals surface area contributed by atoms with Crippen molar-refractivity contribution in [3.8, 4) is 11.4 Å². The first-order valence-electron chi connectivity index (χ1n) is 5.15. The molecule has 0 spiro atoms. The molecule has 6 heteroatoms. The fourth-order valence-corrected chi connectivity index (χ4v) is 2.22. The Morgan fingerprint density at radius 3 is 2.82 bits per heavy atom. The minimum atomic E-state index is -0.132. The van der Waals surface area contributed by atoms with Crippen molar-refractivity contribution in [1.82, 2.24) is 14.8 Å². The van der Waals surface area contributed by atoms with E-state index in [0.717, 1.165) is 10.0 Å². The third kappa shape index (κ3) is 2.36. The number of benzene rings is 1. The molecule has 1 N–H and O–H groups in total. The summed E-state index contributed by atoms with van der Waals surface area (Å²) in [5.41, 5.74) is 0.801. The fourth-order valence-electron chi connectivity index (χ4n) is 1.65. The summed E-state index contributed by atoms with van der Waals surface area (Å²) in [4.78, 5) is 0. The second kappa shape index (κ2) is 5.16. The van der Waals surface area contributed by atoms with Gasteiger partial charge in [-0.15, -0.1) is 10.2 Å². The predicted octanol–water partition coefficient (Wildman–Crippen LogP) is 2.87. The topological polar surface area (TPSA) is 50.9 Å². The largest absolute Gasteiger partial charge is 0.388 e. The van der Waals surface area contributed by atoms with Crippen LogP contribution in [0.1, 0.15) is 12.7 Å². The number of hydrogen-bond donors (Lipinski definition) is 1. The summed E-state index contributed by atoms with van der Waals surface area (Å²) in [7, 11) is 0. The minimum absolute atomic E-state index is 0.132. The summed E-state index contributed by atoms with van der Waals surface area (Å²) >= 11 is 9.55. The second-order valence-electron chi connectivity index (χ2n) is 3.47. The highest BCUT2D eigenvalue weighted by Crippen LogP contribution is 2.29. The molecule has 0 fully saturated rings. The van der Waals surface area contributed by atoms with Gasteiger partial charge in [0.2, 0.25) is 0 Å². The molecule has 4 nitrogen and oxygen atoms in total. The highest BCUT2D eigenvalue weighted by molar-refractivity contribution is 9.10. The molecule has 0 saturated carbocycles. The van der Waals surface area contributed by atoms with E-state index >= 15 is 0 Å². The Bertz CT molecular complexity index is 542. The molecule has 0 aliphatic heterocycles. The van der Waals surface area contributed by atoms with Crippen molar-refractivity contribution >= 4 is 27.5 Å². The standard InChI is InChI=1S/C11H11BrClN3O/c1-2-16-10(6-17)14-15-11(16)8-5-7(12)3-4-9(8)13/h3-5,17H,2,6H2,1H3. The van der Waals surface area contributed by atoms with Gasteiger partial charge in [-0.3, -0.25) is 0 Å². The summed E-state index contributed by atoms with van der Waals surface area (Å²) in [6.07, 6.45) is 0. The van der Waals surface area contributed by atoms with Crippen LogP contribution in [-0.2, 0) is 13.2 Å². The number of nitrogens with zero attached hydrogens (tertiary/aromatic N) is 3. The molecule has 0 aliphatic carbocycles. The van der Waals surface area contributed by atoms with Gasteiger partial charge in [-0.25, -0.2) is 0 Å². The van der Waals surface area contributed by atoms with E-state index in [4.69, 9.17) is 16.7 Å². The highest BCUT2D eigenvalue weighted by Gasteiger charge is 2.14. The first-order valence-corrected chi connectivity index (χ1v) is 6.32. The van der Waals surface area contributed by atoms with E-state index in [1.54, 1.807) is 6.07 Å². The predicted molar refractivity (Wildman–Crippen MR) is 69.8 cm³/mol. The molecule has 0 aliphatic rings. The Hall–Kier alpha value is -0.910. The number of hydrogen-bond acceptors (Lipinski definition) is 3. The lowest BCUT2D eigenvalue weighted by Gasteiger charge is -2.07. The molecule has 90 valence electrons. The maximum Gasteiger partial charge on any atom is 0.165 e. The number of aromatic nitrogens is 3. The molecular weight excluding hydrogens is 305 g/mol. The zero-order valence-corrected chi connectivity index (χ0v) is 11.5. The van der Waals surface area contributed by atoms with Gasteiger partial charge >= 0.3 is 0 Å². The van der Waals surface area contributed by atoms with Crippen LogP contribution in [0.3, 0.4) is 0 Å². The van der Waals surface area contributed by atoms with Crippen LogP contribution in [0.4, 0.5) is 0 Å². The monoisotopic (exact) mass is 315 g/mol. The van der Waals surface area contributed by atoms with Crippen molar-refractivity contribution in [2.24, 2.45) is 0 Å². The van der Waals surface area contributed by atoms with Crippen molar-refractivity contribution in [3.63, 3.8) is 0 Å². The van der Waals surface area contributed by atoms with Gasteiger partial charge in [0, 0.05) is 16.6 Å². The molecule has 0 saturated heterocycles. The highest BCUT2D eigenvalue weighted by atomic mass is 79.9. The smallest absolute Gasteiger partial charge is 0.165 e. The zero-order chi connectivity index (χ0) is 12.4. The van der Waals surface area contributed by atoms with Crippen LogP contribution in [-0.4, -0.2) is 19.9 Å². The van der Waals surface area contributed by atoms with Gasteiger partial charge in [-0.2, -0.15) is 0 Å². The minimum Gasteiger partial charge on any atom is -0.388 e. The van der Waals surface area contributed by atoms with E-state index in [2.05, 4.69) is 26.1 Å². The number of halogens is 2. The molecule has 0 bridgehead atoms. The average molecular weight is 317 g/mol. The van der Waals surface area contributed by atoms with Crippen molar-refractivity contribution < 1.29 is 5.11 Å². The molecule has 0 amide bonds. The van der Waals surface area contributed by atoms with Crippen molar-refractivity contribution in [2.75, 3.05) is 0 Å². The molecule has 17 heavy (non-hydrogen) atoms. The Kier molecular flexibility index (Phi) is 3.81. The molecular formula is C11H11BrClN3O. The summed E-state index contributed by atoms with van der Waals surface area (Å²) in [5.74, 6) is 1.21. The Balaban J connectivity index is 2.59. The second-order valence-corrected chi connectivity index (χ2v) is 4.79. The Labute approximate surface area is 112 Å². The van der Waals surface area contributed by atoms with Crippen LogP contribution in [0, 0.1) is 0 Å². The van der Waals surface area contributed by atoms with E-state index in [1.165, 1.54) is 0 Å². The molecule has 2 rings (SSSR count). The van der Waals surface area contributed by atoms with E-state index in [1.807, 2.05) is 23.6 Å². The maximum absolute atomic E-state index is 9.17. The third-order valence-corrected chi connectivity index (χ3v) is 3.28. The Morgan fingerprint density at radius 1 is 1.41 bits per heavy atom. The van der Waals surface area contributed by atoms with Crippen LogP contribution >= 0.6 is 27.5 Å². The van der Waals surface area contributed by atoms with Gasteiger partial charge in [0.25, 0.3) is 0 Å². The van der Waals surface area contributed by atoms with E-state index in [9.17, 15) is 0 Å². The van der Waals surface area contributed by atoms with Gasteiger partial charge in [-0.05, 0) is 25.1 Å². The van der Waals surface area contributed by atoms with Crippen LogP contribution in [0.2, 0.25) is 5.02 Å². The summed E-state index contributed by atoms with van der Waals surface area (Å²) in [6, 6.07) is 5.55. The van der Waals surface area contributed by atoms with Gasteiger partial charge in [0.1, 0.15) is 6.61 Å². The molecule has 0 atom stereocenters. The molecule has 1 aromatic carbocycles. The number of aliphatic hydroxyl groups is 1. The van der Waals surface area contributed by atoms with Gasteiger partial charge in [0.05, 0.1) is 5.02 Å². The normalized spacial score (nSPS) is 10.8. The van der Waals surface area contributed by atoms with E-state index < -0.39 is 0 Å². The summed E-state index contributed by atoms with van der Waals surface area (Å²) < 4.78 is 2.77. The third-order valence-electron chi connectivity index (χ3n) is 2.45. The molecule has 2 aromatic rings. The van der Waals surface area contributed by atoms with Gasteiger partial charge < -0.3 is 9.67 Å². The summed E-state index contributed by atoms with van der Waals surface area (Å²) in [6.45, 7) is 2.52. The molecule has 1 aromatic heterocycles. The van der Waals surface area contributed by atoms with Crippen LogP contribution in [0.5, 0.6) is 0 Å². The maximum atomic E-state index is 9.17. The van der Waals surface area contributed by atoms with Crippen molar-refractivity contribution in [2.45, 2.75) is 20.1 Å². The molecule has 1 heterocycles. The number of rotatable bonds is 3. The Morgan fingerprint density at radius 2 is 2.18 bits per heavy atom. The zero-order valence-electron chi connectivity index (χ0n) is 9.19. The quantitative estimate of drug-likeness (QED) is 0.947.